The molecule has 1 fully saturated rings. The zero-order chi connectivity index (χ0) is 18.7. The van der Waals surface area contributed by atoms with Crippen LogP contribution in [0, 0.1) is 5.92 Å². The van der Waals surface area contributed by atoms with Crippen molar-refractivity contribution in [2.75, 3.05) is 25.4 Å². The second-order valence-electron chi connectivity index (χ2n) is 6.69. The quantitative estimate of drug-likeness (QED) is 0.571. The van der Waals surface area contributed by atoms with E-state index >= 15 is 0 Å². The molecule has 2 aliphatic heterocycles. The zero-order valence-corrected chi connectivity index (χ0v) is 16.1. The molecule has 1 amide bonds. The van der Waals surface area contributed by atoms with E-state index in [4.69, 9.17) is 4.74 Å². The van der Waals surface area contributed by atoms with Gasteiger partial charge in [-0.1, -0.05) is 18.7 Å². The minimum Gasteiger partial charge on any atom is -0.466 e. The van der Waals surface area contributed by atoms with Gasteiger partial charge in [-0.05, 0) is 26.2 Å². The number of thioether (sulfide) groups is 1. The van der Waals surface area contributed by atoms with Crippen LogP contribution < -0.4 is 5.56 Å². The number of carbonyl (C=O) groups is 2. The summed E-state index contributed by atoms with van der Waals surface area (Å²) in [4.78, 5) is 43.4. The van der Waals surface area contributed by atoms with Crippen LogP contribution in [0.3, 0.4) is 0 Å². The van der Waals surface area contributed by atoms with Gasteiger partial charge in [0.2, 0.25) is 5.91 Å². The lowest BCUT2D eigenvalue weighted by Crippen LogP contribution is -2.43. The SMILES string of the molecule is CCOC(=O)C1CCCN(C(=O)CC2CSc3nc(CC)cc(=O)n32)C1. The van der Waals surface area contributed by atoms with Gasteiger partial charge >= 0.3 is 5.97 Å². The lowest BCUT2D eigenvalue weighted by molar-refractivity contribution is -0.151. The van der Waals surface area contributed by atoms with E-state index in [1.54, 1.807) is 22.5 Å². The summed E-state index contributed by atoms with van der Waals surface area (Å²) in [5.41, 5.74) is 0.701. The molecule has 0 spiro atoms. The largest absolute Gasteiger partial charge is 0.466 e. The highest BCUT2D eigenvalue weighted by Crippen LogP contribution is 2.33. The van der Waals surface area contributed by atoms with Crippen molar-refractivity contribution in [1.29, 1.82) is 0 Å². The summed E-state index contributed by atoms with van der Waals surface area (Å²) in [5.74, 6) is 0.202. The Kier molecular flexibility index (Phi) is 6.01. The van der Waals surface area contributed by atoms with Crippen LogP contribution in [-0.2, 0) is 20.7 Å². The summed E-state index contributed by atoms with van der Waals surface area (Å²) >= 11 is 1.53. The Morgan fingerprint density at radius 3 is 2.92 bits per heavy atom. The highest BCUT2D eigenvalue weighted by Gasteiger charge is 2.33. The number of esters is 1. The number of nitrogens with zero attached hydrogens (tertiary/aromatic N) is 3. The standard InChI is InChI=1S/C18H25N3O4S/c1-3-13-8-16(23)21-14(11-26-18(21)19-13)9-15(22)20-7-5-6-12(10-20)17(24)25-4-2/h8,12,14H,3-7,9-11H2,1-2H3. The first kappa shape index (κ1) is 18.9. The third kappa shape index (κ3) is 3.95. The fraction of sp³-hybridized carbons (Fsp3) is 0.667. The lowest BCUT2D eigenvalue weighted by Gasteiger charge is -2.32. The third-order valence-electron chi connectivity index (χ3n) is 4.91. The van der Waals surface area contributed by atoms with Crippen molar-refractivity contribution in [2.24, 2.45) is 5.92 Å². The van der Waals surface area contributed by atoms with Gasteiger partial charge in [0.25, 0.3) is 5.56 Å². The molecule has 0 saturated carbocycles. The van der Waals surface area contributed by atoms with Crippen LogP contribution in [0.15, 0.2) is 16.0 Å². The Labute approximate surface area is 157 Å². The minimum atomic E-state index is -0.241. The Morgan fingerprint density at radius 2 is 2.19 bits per heavy atom. The van der Waals surface area contributed by atoms with Crippen molar-refractivity contribution >= 4 is 23.6 Å². The second kappa shape index (κ2) is 8.24. The Hall–Kier alpha value is -1.83. The molecule has 1 aromatic heterocycles. The molecule has 3 rings (SSSR count). The number of ether oxygens (including phenoxy) is 1. The van der Waals surface area contributed by atoms with Gasteiger partial charge in [-0.15, -0.1) is 0 Å². The Bertz CT molecular complexity index is 748. The van der Waals surface area contributed by atoms with Gasteiger partial charge in [-0.2, -0.15) is 0 Å². The van der Waals surface area contributed by atoms with Crippen molar-refractivity contribution in [3.63, 3.8) is 0 Å². The highest BCUT2D eigenvalue weighted by atomic mass is 32.2. The van der Waals surface area contributed by atoms with Crippen LogP contribution in [-0.4, -0.2) is 51.8 Å². The number of fused-ring (bicyclic) bond motifs is 1. The molecule has 7 nitrogen and oxygen atoms in total. The molecule has 2 atom stereocenters. The number of amides is 1. The minimum absolute atomic E-state index is 0.0103. The van der Waals surface area contributed by atoms with Crippen LogP contribution in [0.5, 0.6) is 0 Å². The van der Waals surface area contributed by atoms with Crippen LogP contribution in [0.25, 0.3) is 0 Å². The molecule has 0 radical (unpaired) electrons. The molecule has 8 heteroatoms. The molecule has 0 bridgehead atoms. The average Bonchev–Trinajstić information content (AvgIpc) is 3.05. The van der Waals surface area contributed by atoms with E-state index in [1.165, 1.54) is 11.8 Å². The predicted octanol–water partition coefficient (Wildman–Crippen LogP) is 1.64. The van der Waals surface area contributed by atoms with Crippen molar-refractivity contribution in [3.8, 4) is 0 Å². The average molecular weight is 379 g/mol. The molecule has 26 heavy (non-hydrogen) atoms. The van der Waals surface area contributed by atoms with Crippen LogP contribution in [0.4, 0.5) is 0 Å². The normalized spacial score (nSPS) is 22.2. The predicted molar refractivity (Wildman–Crippen MR) is 98.2 cm³/mol. The molecule has 0 aliphatic carbocycles. The van der Waals surface area contributed by atoms with Gasteiger partial charge < -0.3 is 9.64 Å². The van der Waals surface area contributed by atoms with Crippen LogP contribution >= 0.6 is 11.8 Å². The molecular weight excluding hydrogens is 354 g/mol. The number of hydrogen-bond donors (Lipinski definition) is 0. The lowest BCUT2D eigenvalue weighted by atomic mass is 9.97. The molecule has 1 aromatic rings. The number of hydrogen-bond acceptors (Lipinski definition) is 6. The molecule has 0 aromatic carbocycles. The number of carbonyl (C=O) groups excluding carboxylic acids is 2. The van der Waals surface area contributed by atoms with E-state index in [0.29, 0.717) is 30.6 Å². The number of piperidine rings is 1. The van der Waals surface area contributed by atoms with E-state index in [-0.39, 0.29) is 35.8 Å². The smallest absolute Gasteiger partial charge is 0.310 e. The topological polar surface area (TPSA) is 81.5 Å². The maximum atomic E-state index is 12.8. The first-order valence-electron chi connectivity index (χ1n) is 9.23. The maximum Gasteiger partial charge on any atom is 0.310 e. The van der Waals surface area contributed by atoms with Gasteiger partial charge in [0.1, 0.15) is 0 Å². The van der Waals surface area contributed by atoms with E-state index in [2.05, 4.69) is 4.98 Å². The fourth-order valence-electron chi connectivity index (χ4n) is 3.52. The highest BCUT2D eigenvalue weighted by molar-refractivity contribution is 7.99. The first-order chi connectivity index (χ1) is 12.5. The van der Waals surface area contributed by atoms with Gasteiger partial charge in [-0.25, -0.2) is 4.98 Å². The van der Waals surface area contributed by atoms with Gasteiger partial charge in [0, 0.05) is 37.0 Å². The molecule has 1 saturated heterocycles. The maximum absolute atomic E-state index is 12.8. The summed E-state index contributed by atoms with van der Waals surface area (Å²) in [7, 11) is 0. The van der Waals surface area contributed by atoms with Crippen molar-refractivity contribution < 1.29 is 14.3 Å². The molecule has 3 heterocycles. The Balaban J connectivity index is 1.67. The van der Waals surface area contributed by atoms with Crippen molar-refractivity contribution in [3.05, 3.63) is 22.1 Å². The van der Waals surface area contributed by atoms with E-state index in [1.807, 2.05) is 6.92 Å². The van der Waals surface area contributed by atoms with Crippen LogP contribution in [0.2, 0.25) is 0 Å². The van der Waals surface area contributed by atoms with E-state index in [9.17, 15) is 14.4 Å². The molecule has 2 unspecified atom stereocenters. The number of likely N-dealkylation sites (tertiary alicyclic amines) is 1. The molecule has 142 valence electrons. The monoisotopic (exact) mass is 379 g/mol. The fourth-order valence-corrected chi connectivity index (χ4v) is 4.69. The van der Waals surface area contributed by atoms with Gasteiger partial charge in [-0.3, -0.25) is 19.0 Å². The summed E-state index contributed by atoms with van der Waals surface area (Å²) in [6.07, 6.45) is 2.54. The summed E-state index contributed by atoms with van der Waals surface area (Å²) in [6, 6.07) is 1.39. The number of aryl methyl sites for hydroxylation is 1. The molecular formula is C18H25N3O4S. The third-order valence-corrected chi connectivity index (χ3v) is 6.01. The van der Waals surface area contributed by atoms with Gasteiger partial charge in [0.05, 0.1) is 18.6 Å². The molecule has 2 aliphatic rings. The summed E-state index contributed by atoms with van der Waals surface area (Å²) in [5, 5.41) is 0.704. The second-order valence-corrected chi connectivity index (χ2v) is 7.68. The van der Waals surface area contributed by atoms with E-state index in [0.717, 1.165) is 25.0 Å². The number of rotatable bonds is 5. The zero-order valence-electron chi connectivity index (χ0n) is 15.3. The summed E-state index contributed by atoms with van der Waals surface area (Å²) < 4.78 is 6.74. The Morgan fingerprint density at radius 1 is 1.38 bits per heavy atom. The van der Waals surface area contributed by atoms with Crippen molar-refractivity contribution in [2.45, 2.75) is 50.7 Å². The first-order valence-corrected chi connectivity index (χ1v) is 10.2. The van der Waals surface area contributed by atoms with Crippen molar-refractivity contribution in [1.82, 2.24) is 14.5 Å². The van der Waals surface area contributed by atoms with Gasteiger partial charge in [0.15, 0.2) is 5.16 Å². The number of aromatic nitrogens is 2. The molecule has 0 N–H and O–H groups in total. The summed E-state index contributed by atoms with van der Waals surface area (Å²) in [6.45, 7) is 5.18. The van der Waals surface area contributed by atoms with E-state index < -0.39 is 0 Å². The van der Waals surface area contributed by atoms with Crippen LogP contribution in [0.1, 0.15) is 44.8 Å².